The van der Waals surface area contributed by atoms with Crippen molar-refractivity contribution >= 4 is 18.0 Å². The Bertz CT molecular complexity index is 1090. The Morgan fingerprint density at radius 3 is 2.34 bits per heavy atom. The molecule has 2 saturated heterocycles. The fourth-order valence-electron chi connectivity index (χ4n) is 5.36. The zero-order chi connectivity index (χ0) is 24.5. The van der Waals surface area contributed by atoms with Crippen molar-refractivity contribution < 1.29 is 34.1 Å². The van der Waals surface area contributed by atoms with Gasteiger partial charge in [-0.25, -0.2) is 9.59 Å². The molecule has 35 heavy (non-hydrogen) atoms. The smallest absolute Gasteiger partial charge is 0.407 e. The first kappa shape index (κ1) is 23.3. The molecule has 3 N–H and O–H groups in total. The molecule has 3 aliphatic rings. The van der Waals surface area contributed by atoms with Crippen LogP contribution < -0.4 is 5.32 Å². The fourth-order valence-corrected chi connectivity index (χ4v) is 5.36. The minimum absolute atomic E-state index is 0.0144. The average Bonchev–Trinajstić information content (AvgIpc) is 3.57. The number of fused-ring (bicyclic) bond motifs is 3. The number of rotatable bonds is 6. The van der Waals surface area contributed by atoms with E-state index in [-0.39, 0.29) is 38.1 Å². The molecular weight excluding hydrogens is 452 g/mol. The molecule has 2 aromatic rings. The van der Waals surface area contributed by atoms with Gasteiger partial charge in [-0.3, -0.25) is 4.79 Å². The zero-order valence-electron chi connectivity index (χ0n) is 19.1. The van der Waals surface area contributed by atoms with Crippen LogP contribution in [0.2, 0.25) is 0 Å². The number of aliphatic carboxylic acids is 1. The molecule has 1 aliphatic carbocycles. The lowest BCUT2D eigenvalue weighted by atomic mass is 9.98. The molecule has 0 aromatic heterocycles. The van der Waals surface area contributed by atoms with Gasteiger partial charge in [-0.1, -0.05) is 48.5 Å². The Morgan fingerprint density at radius 2 is 1.69 bits per heavy atom. The van der Waals surface area contributed by atoms with E-state index in [1.165, 1.54) is 4.90 Å². The van der Waals surface area contributed by atoms with E-state index in [1.54, 1.807) is 0 Å². The fraction of sp³-hybridized carbons (Fsp3) is 0.423. The normalized spacial score (nSPS) is 25.2. The van der Waals surface area contributed by atoms with Crippen molar-refractivity contribution in [2.24, 2.45) is 0 Å². The van der Waals surface area contributed by atoms with E-state index in [4.69, 9.17) is 9.47 Å². The number of likely N-dealkylation sites (tertiary alicyclic amines) is 1. The third-order valence-corrected chi connectivity index (χ3v) is 7.05. The van der Waals surface area contributed by atoms with E-state index in [0.717, 1.165) is 22.3 Å². The molecule has 2 heterocycles. The van der Waals surface area contributed by atoms with E-state index < -0.39 is 36.2 Å². The second kappa shape index (κ2) is 9.67. The Morgan fingerprint density at radius 1 is 1.03 bits per heavy atom. The molecule has 2 unspecified atom stereocenters. The average molecular weight is 481 g/mol. The summed E-state index contributed by atoms with van der Waals surface area (Å²) in [5.74, 6) is -1.60. The Labute approximate surface area is 202 Å². The number of carboxylic acids is 1. The summed E-state index contributed by atoms with van der Waals surface area (Å²) in [6, 6.07) is 15.2. The molecule has 9 nitrogen and oxygen atoms in total. The first-order valence-electron chi connectivity index (χ1n) is 11.9. The number of carbonyl (C=O) groups excluding carboxylic acids is 2. The lowest BCUT2D eigenvalue weighted by molar-refractivity contribution is -0.153. The SMILES string of the molecule is O=C(NCC1CCC(C(=O)N2C[C@H](O)C[C@H]2C(=O)O)O1)OCC1c2ccccc2-c2ccccc21. The highest BCUT2D eigenvalue weighted by atomic mass is 16.6. The Balaban J connectivity index is 1.11. The van der Waals surface area contributed by atoms with Gasteiger partial charge in [-0.2, -0.15) is 0 Å². The van der Waals surface area contributed by atoms with Crippen LogP contribution in [0.15, 0.2) is 48.5 Å². The summed E-state index contributed by atoms with van der Waals surface area (Å²) in [6.45, 7) is 0.379. The van der Waals surface area contributed by atoms with Crippen LogP contribution in [0.25, 0.3) is 11.1 Å². The number of alkyl carbamates (subject to hydrolysis) is 1. The second-order valence-corrected chi connectivity index (χ2v) is 9.26. The number of aliphatic hydroxyl groups excluding tert-OH is 1. The van der Waals surface area contributed by atoms with Gasteiger partial charge in [0.25, 0.3) is 5.91 Å². The summed E-state index contributed by atoms with van der Waals surface area (Å²) in [4.78, 5) is 37.7. The summed E-state index contributed by atoms with van der Waals surface area (Å²) < 4.78 is 11.3. The molecule has 184 valence electrons. The van der Waals surface area contributed by atoms with Crippen molar-refractivity contribution in [2.75, 3.05) is 19.7 Å². The van der Waals surface area contributed by atoms with Crippen molar-refractivity contribution in [3.05, 3.63) is 59.7 Å². The van der Waals surface area contributed by atoms with E-state index in [0.29, 0.717) is 12.8 Å². The molecule has 5 rings (SSSR count). The van der Waals surface area contributed by atoms with Gasteiger partial charge in [0, 0.05) is 25.4 Å². The van der Waals surface area contributed by atoms with E-state index >= 15 is 0 Å². The van der Waals surface area contributed by atoms with Gasteiger partial charge >= 0.3 is 12.1 Å². The van der Waals surface area contributed by atoms with Crippen LogP contribution in [-0.2, 0) is 19.1 Å². The number of β-amino-alcohol motifs (C(OH)–C–C–N with tert-alkyl or cyclic N) is 1. The van der Waals surface area contributed by atoms with Gasteiger partial charge in [0.05, 0.1) is 12.2 Å². The first-order valence-corrected chi connectivity index (χ1v) is 11.9. The van der Waals surface area contributed by atoms with Gasteiger partial charge in [-0.05, 0) is 35.1 Å². The topological polar surface area (TPSA) is 125 Å². The molecule has 2 amide bonds. The predicted octanol–water partition coefficient (Wildman–Crippen LogP) is 2.12. The molecule has 2 fully saturated rings. The lowest BCUT2D eigenvalue weighted by Gasteiger charge is -2.24. The highest BCUT2D eigenvalue weighted by Crippen LogP contribution is 2.44. The maximum absolute atomic E-state index is 12.8. The molecule has 0 spiro atoms. The maximum atomic E-state index is 12.8. The molecule has 0 saturated carbocycles. The summed E-state index contributed by atoms with van der Waals surface area (Å²) in [5, 5.41) is 21.8. The van der Waals surface area contributed by atoms with Crippen LogP contribution in [0, 0.1) is 0 Å². The van der Waals surface area contributed by atoms with Crippen LogP contribution in [0.3, 0.4) is 0 Å². The molecule has 2 aromatic carbocycles. The summed E-state index contributed by atoms with van der Waals surface area (Å²) >= 11 is 0. The lowest BCUT2D eigenvalue weighted by Crippen LogP contribution is -2.46. The Hall–Kier alpha value is -3.43. The monoisotopic (exact) mass is 480 g/mol. The molecular formula is C26H28N2O7. The van der Waals surface area contributed by atoms with Gasteiger partial charge in [0.1, 0.15) is 18.8 Å². The summed E-state index contributed by atoms with van der Waals surface area (Å²) in [7, 11) is 0. The summed E-state index contributed by atoms with van der Waals surface area (Å²) in [6.07, 6.45) is -1.58. The number of benzene rings is 2. The molecule has 0 bridgehead atoms. The van der Waals surface area contributed by atoms with E-state index in [9.17, 15) is 24.6 Å². The van der Waals surface area contributed by atoms with E-state index in [1.807, 2.05) is 24.3 Å². The third kappa shape index (κ3) is 4.61. The number of aliphatic hydroxyl groups is 1. The minimum atomic E-state index is -1.14. The minimum Gasteiger partial charge on any atom is -0.480 e. The summed E-state index contributed by atoms with van der Waals surface area (Å²) in [5.41, 5.74) is 4.58. The number of hydrogen-bond acceptors (Lipinski definition) is 6. The molecule has 4 atom stereocenters. The molecule has 9 heteroatoms. The van der Waals surface area contributed by atoms with Crippen molar-refractivity contribution in [1.29, 1.82) is 0 Å². The standard InChI is InChI=1S/C26H28N2O7/c29-15-11-22(25(31)32)28(13-15)24(30)23-10-9-16(35-23)12-27-26(33)34-14-21-19-7-3-1-5-17(19)18-6-2-4-8-20(18)21/h1-8,15-16,21-23,29H,9-14H2,(H,27,33)(H,31,32)/t15-,16?,22+,23?/m1/s1. The van der Waals surface area contributed by atoms with Gasteiger partial charge in [0.15, 0.2) is 0 Å². The van der Waals surface area contributed by atoms with Crippen molar-refractivity contribution in [3.8, 4) is 11.1 Å². The predicted molar refractivity (Wildman–Crippen MR) is 125 cm³/mol. The van der Waals surface area contributed by atoms with Crippen molar-refractivity contribution in [1.82, 2.24) is 10.2 Å². The van der Waals surface area contributed by atoms with Crippen LogP contribution in [0.1, 0.15) is 36.3 Å². The number of ether oxygens (including phenoxy) is 2. The van der Waals surface area contributed by atoms with Crippen molar-refractivity contribution in [2.45, 2.75) is 49.5 Å². The van der Waals surface area contributed by atoms with Gasteiger partial charge in [-0.15, -0.1) is 0 Å². The van der Waals surface area contributed by atoms with Crippen LogP contribution in [0.5, 0.6) is 0 Å². The molecule has 0 radical (unpaired) electrons. The van der Waals surface area contributed by atoms with E-state index in [2.05, 4.69) is 29.6 Å². The van der Waals surface area contributed by atoms with Crippen molar-refractivity contribution in [3.63, 3.8) is 0 Å². The number of nitrogens with zero attached hydrogens (tertiary/aromatic N) is 1. The zero-order valence-corrected chi connectivity index (χ0v) is 19.1. The molecule has 2 aliphatic heterocycles. The first-order chi connectivity index (χ1) is 16.9. The van der Waals surface area contributed by atoms with Crippen LogP contribution >= 0.6 is 0 Å². The van der Waals surface area contributed by atoms with Crippen LogP contribution in [0.4, 0.5) is 4.79 Å². The third-order valence-electron chi connectivity index (χ3n) is 7.05. The number of carboxylic acid groups (broad SMARTS) is 1. The highest BCUT2D eigenvalue weighted by Gasteiger charge is 2.43. The quantitative estimate of drug-likeness (QED) is 0.578. The number of hydrogen-bond donors (Lipinski definition) is 3. The number of carbonyl (C=O) groups is 3. The second-order valence-electron chi connectivity index (χ2n) is 9.26. The Kier molecular flexibility index (Phi) is 6.44. The van der Waals surface area contributed by atoms with Crippen LogP contribution in [-0.4, -0.2) is 77.1 Å². The van der Waals surface area contributed by atoms with Gasteiger partial charge < -0.3 is 29.9 Å². The number of nitrogens with one attached hydrogen (secondary N) is 1. The van der Waals surface area contributed by atoms with Gasteiger partial charge in [0.2, 0.25) is 0 Å². The maximum Gasteiger partial charge on any atom is 0.407 e. The largest absolute Gasteiger partial charge is 0.480 e. The number of amides is 2. The highest BCUT2D eigenvalue weighted by molar-refractivity contribution is 5.87.